The second-order valence-corrected chi connectivity index (χ2v) is 4.54. The van der Waals surface area contributed by atoms with Crippen molar-refractivity contribution >= 4 is 5.78 Å². The van der Waals surface area contributed by atoms with Gasteiger partial charge in [0.25, 0.3) is 0 Å². The monoisotopic (exact) mass is 235 g/mol. The van der Waals surface area contributed by atoms with E-state index in [1.165, 1.54) is 0 Å². The predicted octanol–water partition coefficient (Wildman–Crippen LogP) is 2.14. The van der Waals surface area contributed by atoms with Gasteiger partial charge >= 0.3 is 0 Å². The van der Waals surface area contributed by atoms with Crippen LogP contribution in [0, 0.1) is 5.92 Å². The average Bonchev–Trinajstić information content (AvgIpc) is 2.30. The zero-order valence-corrected chi connectivity index (χ0v) is 10.7. The zero-order valence-electron chi connectivity index (χ0n) is 10.7. The summed E-state index contributed by atoms with van der Waals surface area (Å²) in [6, 6.07) is 6.88. The van der Waals surface area contributed by atoms with Gasteiger partial charge in [0.2, 0.25) is 0 Å². The highest BCUT2D eigenvalue weighted by Gasteiger charge is 2.20. The third kappa shape index (κ3) is 4.19. The maximum atomic E-state index is 12.0. The van der Waals surface area contributed by atoms with Crippen molar-refractivity contribution in [3.05, 3.63) is 29.8 Å². The minimum atomic E-state index is -0.135. The average molecular weight is 235 g/mol. The molecule has 0 spiro atoms. The van der Waals surface area contributed by atoms with E-state index in [4.69, 9.17) is 0 Å². The Morgan fingerprint density at radius 2 is 1.88 bits per heavy atom. The van der Waals surface area contributed by atoms with Crippen LogP contribution in [0.4, 0.5) is 0 Å². The van der Waals surface area contributed by atoms with E-state index in [0.29, 0.717) is 6.42 Å². The summed E-state index contributed by atoms with van der Waals surface area (Å²) in [5, 5.41) is 12.4. The van der Waals surface area contributed by atoms with Gasteiger partial charge in [-0.3, -0.25) is 4.79 Å². The lowest BCUT2D eigenvalue weighted by atomic mass is 9.96. The van der Waals surface area contributed by atoms with Gasteiger partial charge in [-0.2, -0.15) is 0 Å². The summed E-state index contributed by atoms with van der Waals surface area (Å²) in [5.41, 5.74) is 1.06. The second-order valence-electron chi connectivity index (χ2n) is 4.54. The Kier molecular flexibility index (Phi) is 5.16. The normalized spacial score (nSPS) is 12.7. The maximum absolute atomic E-state index is 12.0. The van der Waals surface area contributed by atoms with Gasteiger partial charge in [-0.05, 0) is 30.7 Å². The summed E-state index contributed by atoms with van der Waals surface area (Å²) < 4.78 is 0. The molecule has 3 heteroatoms. The first-order valence-corrected chi connectivity index (χ1v) is 6.09. The number of hydrogen-bond donors (Lipinski definition) is 2. The van der Waals surface area contributed by atoms with Crippen LogP contribution in [0.5, 0.6) is 5.75 Å². The lowest BCUT2D eigenvalue weighted by Gasteiger charge is -2.18. The molecule has 2 N–H and O–H groups in total. The number of phenolic OH excluding ortho intramolecular Hbond substituents is 1. The van der Waals surface area contributed by atoms with Crippen molar-refractivity contribution in [3.8, 4) is 5.75 Å². The van der Waals surface area contributed by atoms with Crippen LogP contribution in [-0.4, -0.2) is 23.5 Å². The van der Waals surface area contributed by atoms with Crippen LogP contribution in [0.3, 0.4) is 0 Å². The number of rotatable bonds is 6. The SMILES string of the molecule is CCN[C@H](Cc1ccc(O)cc1)C(=O)C(C)C. The van der Waals surface area contributed by atoms with Gasteiger partial charge in [0.05, 0.1) is 6.04 Å². The highest BCUT2D eigenvalue weighted by atomic mass is 16.3. The molecule has 0 radical (unpaired) electrons. The van der Waals surface area contributed by atoms with Crippen molar-refractivity contribution < 1.29 is 9.90 Å². The number of Topliss-reactive ketones (excluding diaryl/α,β-unsaturated/α-hetero) is 1. The Hall–Kier alpha value is -1.35. The molecule has 0 aliphatic carbocycles. The Bertz CT molecular complexity index is 357. The summed E-state index contributed by atoms with van der Waals surface area (Å²) >= 11 is 0. The number of likely N-dealkylation sites (N-methyl/N-ethyl adjacent to an activating group) is 1. The Morgan fingerprint density at radius 1 is 1.29 bits per heavy atom. The van der Waals surface area contributed by atoms with Gasteiger partial charge in [0, 0.05) is 5.92 Å². The predicted molar refractivity (Wildman–Crippen MR) is 69.1 cm³/mol. The highest BCUT2D eigenvalue weighted by molar-refractivity contribution is 5.86. The molecule has 0 saturated carbocycles. The van der Waals surface area contributed by atoms with Gasteiger partial charge < -0.3 is 10.4 Å². The fourth-order valence-electron chi connectivity index (χ4n) is 1.79. The molecule has 0 amide bonds. The first-order valence-electron chi connectivity index (χ1n) is 6.09. The maximum Gasteiger partial charge on any atom is 0.152 e. The first-order chi connectivity index (χ1) is 8.04. The van der Waals surface area contributed by atoms with Crippen LogP contribution < -0.4 is 5.32 Å². The highest BCUT2D eigenvalue weighted by Crippen LogP contribution is 2.13. The number of benzene rings is 1. The van der Waals surface area contributed by atoms with E-state index in [-0.39, 0.29) is 23.5 Å². The summed E-state index contributed by atoms with van der Waals surface area (Å²) in [5.74, 6) is 0.528. The molecule has 0 unspecified atom stereocenters. The molecule has 0 bridgehead atoms. The topological polar surface area (TPSA) is 49.3 Å². The second kappa shape index (κ2) is 6.40. The van der Waals surface area contributed by atoms with Crippen molar-refractivity contribution in [1.29, 1.82) is 0 Å². The minimum absolute atomic E-state index is 0.0381. The van der Waals surface area contributed by atoms with Crippen LogP contribution in [-0.2, 0) is 11.2 Å². The molecule has 0 fully saturated rings. The quantitative estimate of drug-likeness (QED) is 0.794. The molecule has 17 heavy (non-hydrogen) atoms. The molecule has 3 nitrogen and oxygen atoms in total. The molecule has 0 aliphatic rings. The van der Waals surface area contributed by atoms with Crippen molar-refractivity contribution in [1.82, 2.24) is 5.32 Å². The van der Waals surface area contributed by atoms with E-state index >= 15 is 0 Å². The molecular weight excluding hydrogens is 214 g/mol. The summed E-state index contributed by atoms with van der Waals surface area (Å²) in [6.45, 7) is 6.62. The number of carbonyl (C=O) groups excluding carboxylic acids is 1. The molecule has 0 heterocycles. The van der Waals surface area contributed by atoms with E-state index in [0.717, 1.165) is 12.1 Å². The molecule has 1 aromatic rings. The third-order valence-electron chi connectivity index (χ3n) is 2.74. The molecule has 1 aromatic carbocycles. The smallest absolute Gasteiger partial charge is 0.152 e. The lowest BCUT2D eigenvalue weighted by molar-refractivity contribution is -0.123. The van der Waals surface area contributed by atoms with Crippen LogP contribution in [0.15, 0.2) is 24.3 Å². The molecule has 1 atom stereocenters. The molecule has 0 saturated heterocycles. The van der Waals surface area contributed by atoms with Crippen LogP contribution >= 0.6 is 0 Å². The molecule has 0 aromatic heterocycles. The van der Waals surface area contributed by atoms with Crippen molar-refractivity contribution in [2.45, 2.75) is 33.2 Å². The van der Waals surface area contributed by atoms with Crippen LogP contribution in [0.25, 0.3) is 0 Å². The number of aromatic hydroxyl groups is 1. The fourth-order valence-corrected chi connectivity index (χ4v) is 1.79. The molecule has 1 rings (SSSR count). The van der Waals surface area contributed by atoms with Gasteiger partial charge in [0.1, 0.15) is 5.75 Å². The summed E-state index contributed by atoms with van der Waals surface area (Å²) in [6.07, 6.45) is 0.672. The van der Waals surface area contributed by atoms with Gasteiger partial charge in [-0.25, -0.2) is 0 Å². The van der Waals surface area contributed by atoms with E-state index in [2.05, 4.69) is 5.32 Å². The first kappa shape index (κ1) is 13.7. The van der Waals surface area contributed by atoms with Crippen molar-refractivity contribution in [2.24, 2.45) is 5.92 Å². The fraction of sp³-hybridized carbons (Fsp3) is 0.500. The third-order valence-corrected chi connectivity index (χ3v) is 2.74. The van der Waals surface area contributed by atoms with Gasteiger partial charge in [-0.1, -0.05) is 32.9 Å². The zero-order chi connectivity index (χ0) is 12.8. The van der Waals surface area contributed by atoms with E-state index in [1.54, 1.807) is 12.1 Å². The Morgan fingerprint density at radius 3 is 2.35 bits per heavy atom. The minimum Gasteiger partial charge on any atom is -0.508 e. The molecule has 0 aliphatic heterocycles. The van der Waals surface area contributed by atoms with E-state index < -0.39 is 0 Å². The Labute approximate surface area is 103 Å². The van der Waals surface area contributed by atoms with E-state index in [1.807, 2.05) is 32.9 Å². The molecule has 94 valence electrons. The number of nitrogens with one attached hydrogen (secondary N) is 1. The summed E-state index contributed by atoms with van der Waals surface area (Å²) in [4.78, 5) is 12.0. The molecular formula is C14H21NO2. The standard InChI is InChI=1S/C14H21NO2/c1-4-15-13(14(17)10(2)3)9-11-5-7-12(16)8-6-11/h5-8,10,13,15-16H,4,9H2,1-3H3/t13-/m1/s1. The van der Waals surface area contributed by atoms with E-state index in [9.17, 15) is 9.90 Å². The van der Waals surface area contributed by atoms with Crippen molar-refractivity contribution in [2.75, 3.05) is 6.54 Å². The Balaban J connectivity index is 2.72. The van der Waals surface area contributed by atoms with Gasteiger partial charge in [-0.15, -0.1) is 0 Å². The number of ketones is 1. The summed E-state index contributed by atoms with van der Waals surface area (Å²) in [7, 11) is 0. The van der Waals surface area contributed by atoms with Gasteiger partial charge in [0.15, 0.2) is 5.78 Å². The van der Waals surface area contributed by atoms with Crippen LogP contribution in [0.2, 0.25) is 0 Å². The van der Waals surface area contributed by atoms with Crippen LogP contribution in [0.1, 0.15) is 26.3 Å². The largest absolute Gasteiger partial charge is 0.508 e. The number of hydrogen-bond acceptors (Lipinski definition) is 3. The number of phenols is 1. The van der Waals surface area contributed by atoms with Crippen molar-refractivity contribution in [3.63, 3.8) is 0 Å². The lowest BCUT2D eigenvalue weighted by Crippen LogP contribution is -2.40. The number of carbonyl (C=O) groups is 1.